The van der Waals surface area contributed by atoms with Gasteiger partial charge in [0.05, 0.1) is 5.69 Å². The molecule has 1 heterocycles. The number of carbonyl (C=O) groups is 1. The summed E-state index contributed by atoms with van der Waals surface area (Å²) in [4.78, 5) is 11.4. The van der Waals surface area contributed by atoms with Gasteiger partial charge in [-0.05, 0) is 38.1 Å². The smallest absolute Gasteiger partial charge is 0.324 e. The topological polar surface area (TPSA) is 81.1 Å². The Hall–Kier alpha value is -2.22. The number of rotatable bonds is 4. The second-order valence-corrected chi connectivity index (χ2v) is 5.95. The molecule has 6 nitrogen and oxygen atoms in total. The Bertz CT molecular complexity index is 784. The first kappa shape index (κ1) is 15.2. The highest BCUT2D eigenvalue weighted by atomic mass is 32.3. The van der Waals surface area contributed by atoms with E-state index in [0.717, 1.165) is 23.5 Å². The zero-order chi connectivity index (χ0) is 15.6. The molecule has 0 bridgehead atoms. The van der Waals surface area contributed by atoms with Crippen molar-refractivity contribution in [3.8, 4) is 0 Å². The van der Waals surface area contributed by atoms with Crippen LogP contribution in [0.1, 0.15) is 11.4 Å². The van der Waals surface area contributed by atoms with Crippen LogP contribution < -0.4 is 5.32 Å². The molecule has 1 aromatic heterocycles. The predicted octanol–water partition coefficient (Wildman–Crippen LogP) is 1.80. The molecule has 2 rings (SSSR count). The van der Waals surface area contributed by atoms with E-state index in [1.165, 1.54) is 16.8 Å². The van der Waals surface area contributed by atoms with Gasteiger partial charge in [0, 0.05) is 11.4 Å². The van der Waals surface area contributed by atoms with Gasteiger partial charge in [0.15, 0.2) is 0 Å². The van der Waals surface area contributed by atoms with Gasteiger partial charge in [-0.25, -0.2) is 0 Å². The van der Waals surface area contributed by atoms with Gasteiger partial charge in [-0.2, -0.15) is 13.5 Å². The Balaban J connectivity index is 2.11. The first-order chi connectivity index (χ1) is 9.75. The van der Waals surface area contributed by atoms with Crippen LogP contribution >= 0.6 is 0 Å². The van der Waals surface area contributed by atoms with Crippen LogP contribution in [0.4, 0.5) is 9.57 Å². The molecule has 0 saturated carbocycles. The van der Waals surface area contributed by atoms with E-state index in [4.69, 9.17) is 0 Å². The number of benzene rings is 1. The molecule has 0 atom stereocenters. The summed E-state index contributed by atoms with van der Waals surface area (Å²) in [6.45, 7) is 3.63. The number of hydrogen-bond acceptors (Lipinski definition) is 4. The molecule has 0 aliphatic carbocycles. The summed E-state index contributed by atoms with van der Waals surface area (Å²) in [6, 6.07) is 6.85. The third-order valence-corrected chi connectivity index (χ3v) is 3.61. The monoisotopic (exact) mass is 311 g/mol. The second-order valence-electron chi connectivity index (χ2n) is 4.60. The predicted molar refractivity (Wildman–Crippen MR) is 75.1 cm³/mol. The number of nitrogens with one attached hydrogen (secondary N) is 1. The lowest BCUT2D eigenvalue weighted by atomic mass is 10.3. The highest BCUT2D eigenvalue weighted by molar-refractivity contribution is 7.86. The number of nitrogens with zero attached hydrogens (tertiary/aromatic N) is 2. The molecule has 0 aliphatic rings. The van der Waals surface area contributed by atoms with Crippen molar-refractivity contribution in [2.24, 2.45) is 0 Å². The normalized spacial score (nSPS) is 11.4. The molecule has 2 aromatic rings. The van der Waals surface area contributed by atoms with Gasteiger partial charge in [0.1, 0.15) is 11.4 Å². The molecule has 0 fully saturated rings. The van der Waals surface area contributed by atoms with Crippen molar-refractivity contribution in [2.75, 3.05) is 5.32 Å². The lowest BCUT2D eigenvalue weighted by Gasteiger charge is -2.07. The molecular weight excluding hydrogens is 297 g/mol. The molecule has 0 unspecified atom stereocenters. The zero-order valence-corrected chi connectivity index (χ0v) is 12.3. The summed E-state index contributed by atoms with van der Waals surface area (Å²) in [5.41, 5.74) is 1.84. The van der Waals surface area contributed by atoms with Crippen molar-refractivity contribution in [1.82, 2.24) is 9.78 Å². The molecule has 21 heavy (non-hydrogen) atoms. The fourth-order valence-corrected chi connectivity index (χ4v) is 2.41. The van der Waals surface area contributed by atoms with E-state index in [1.807, 2.05) is 19.9 Å². The van der Waals surface area contributed by atoms with E-state index >= 15 is 0 Å². The molecule has 1 amide bonds. The van der Waals surface area contributed by atoms with Crippen LogP contribution in [0.3, 0.4) is 0 Å². The van der Waals surface area contributed by atoms with E-state index in [1.54, 1.807) is 0 Å². The summed E-state index contributed by atoms with van der Waals surface area (Å²) >= 11 is 0. The highest BCUT2D eigenvalue weighted by Gasteiger charge is 2.13. The van der Waals surface area contributed by atoms with Gasteiger partial charge in [-0.3, -0.25) is 9.48 Å². The van der Waals surface area contributed by atoms with Gasteiger partial charge in [0.25, 0.3) is 0 Å². The summed E-state index contributed by atoms with van der Waals surface area (Å²) in [5.74, 6) is -0.380. The number of halogens is 1. The molecule has 8 heteroatoms. The van der Waals surface area contributed by atoms with Crippen LogP contribution in [0.25, 0.3) is 0 Å². The van der Waals surface area contributed by atoms with Crippen molar-refractivity contribution < 1.29 is 17.1 Å². The lowest BCUT2D eigenvalue weighted by Crippen LogP contribution is -2.20. The van der Waals surface area contributed by atoms with Gasteiger partial charge in [-0.15, -0.1) is 3.89 Å². The lowest BCUT2D eigenvalue weighted by molar-refractivity contribution is -0.116. The van der Waals surface area contributed by atoms with Gasteiger partial charge in [-0.1, -0.05) is 6.07 Å². The maximum atomic E-state index is 12.9. The second kappa shape index (κ2) is 5.65. The number of amides is 1. The molecule has 0 saturated heterocycles. The minimum absolute atomic E-state index is 0.00766. The maximum Gasteiger partial charge on any atom is 0.332 e. The average molecular weight is 311 g/mol. The van der Waals surface area contributed by atoms with E-state index in [9.17, 15) is 17.1 Å². The SMILES string of the molecule is Cc1cc(C)n(CC(=O)Nc2cccc(S(=O)(=O)F)c2)n1. The molecule has 1 N–H and O–H groups in total. The van der Waals surface area contributed by atoms with Gasteiger partial charge < -0.3 is 5.32 Å². The summed E-state index contributed by atoms with van der Waals surface area (Å²) in [6.07, 6.45) is 0. The third-order valence-electron chi connectivity index (χ3n) is 2.80. The first-order valence-corrected chi connectivity index (χ1v) is 7.50. The van der Waals surface area contributed by atoms with Crippen molar-refractivity contribution >= 4 is 21.8 Å². The molecule has 112 valence electrons. The van der Waals surface area contributed by atoms with Gasteiger partial charge in [0.2, 0.25) is 5.91 Å². The minimum Gasteiger partial charge on any atom is -0.324 e. The average Bonchev–Trinajstić information content (AvgIpc) is 2.67. The fourth-order valence-electron chi connectivity index (χ4n) is 1.90. The van der Waals surface area contributed by atoms with E-state index < -0.39 is 15.1 Å². The van der Waals surface area contributed by atoms with Crippen LogP contribution in [0.15, 0.2) is 35.2 Å². The standard InChI is InChI=1S/C13H14FN3O3S/c1-9-6-10(2)17(16-9)8-13(18)15-11-4-3-5-12(7-11)21(14,19)20/h3-7H,8H2,1-2H3,(H,15,18). The Morgan fingerprint density at radius 2 is 2.05 bits per heavy atom. The number of aryl methyl sites for hydroxylation is 2. The number of hydrogen-bond donors (Lipinski definition) is 1. The van der Waals surface area contributed by atoms with Crippen LogP contribution in [-0.2, 0) is 21.6 Å². The Labute approximate surface area is 121 Å². The molecule has 1 aromatic carbocycles. The number of carbonyl (C=O) groups excluding carboxylic acids is 1. The molecule has 0 radical (unpaired) electrons. The van der Waals surface area contributed by atoms with Crippen molar-refractivity contribution in [1.29, 1.82) is 0 Å². The van der Waals surface area contributed by atoms with Crippen LogP contribution in [0.2, 0.25) is 0 Å². The Morgan fingerprint density at radius 3 is 2.62 bits per heavy atom. The van der Waals surface area contributed by atoms with E-state index in [0.29, 0.717) is 0 Å². The summed E-state index contributed by atoms with van der Waals surface area (Å²) in [7, 11) is -4.79. The zero-order valence-electron chi connectivity index (χ0n) is 11.5. The van der Waals surface area contributed by atoms with E-state index in [-0.39, 0.29) is 18.1 Å². The van der Waals surface area contributed by atoms with E-state index in [2.05, 4.69) is 10.4 Å². The quantitative estimate of drug-likeness (QED) is 0.873. The third kappa shape index (κ3) is 3.88. The van der Waals surface area contributed by atoms with Crippen LogP contribution in [0.5, 0.6) is 0 Å². The molecule has 0 spiro atoms. The number of aromatic nitrogens is 2. The van der Waals surface area contributed by atoms with Crippen LogP contribution in [0, 0.1) is 13.8 Å². The molecule has 0 aliphatic heterocycles. The van der Waals surface area contributed by atoms with Crippen LogP contribution in [-0.4, -0.2) is 24.1 Å². The number of anilines is 1. The fraction of sp³-hybridized carbons (Fsp3) is 0.231. The molecular formula is C13H14FN3O3S. The highest BCUT2D eigenvalue weighted by Crippen LogP contribution is 2.17. The summed E-state index contributed by atoms with van der Waals surface area (Å²) < 4.78 is 36.0. The minimum atomic E-state index is -4.79. The van der Waals surface area contributed by atoms with Crippen molar-refractivity contribution in [3.05, 3.63) is 41.7 Å². The Kier molecular flexibility index (Phi) is 4.08. The van der Waals surface area contributed by atoms with Crippen molar-refractivity contribution in [3.63, 3.8) is 0 Å². The Morgan fingerprint density at radius 1 is 1.33 bits per heavy atom. The maximum absolute atomic E-state index is 12.9. The summed E-state index contributed by atoms with van der Waals surface area (Å²) in [5, 5.41) is 6.66. The van der Waals surface area contributed by atoms with Crippen molar-refractivity contribution in [2.45, 2.75) is 25.3 Å². The largest absolute Gasteiger partial charge is 0.332 e. The van der Waals surface area contributed by atoms with Gasteiger partial charge >= 0.3 is 10.2 Å². The first-order valence-electron chi connectivity index (χ1n) is 6.11.